The monoisotopic (exact) mass is 495 g/mol. The normalized spacial score (nSPS) is 11.3. The van der Waals surface area contributed by atoms with E-state index in [1.165, 1.54) is 20.8 Å². The molecule has 34 heavy (non-hydrogen) atoms. The van der Waals surface area contributed by atoms with Crippen LogP contribution >= 0.6 is 22.9 Å². The molecule has 0 aliphatic heterocycles. The largest absolute Gasteiger partial charge is 0.344 e. The van der Waals surface area contributed by atoms with Crippen molar-refractivity contribution in [2.24, 2.45) is 0 Å². The smallest absolute Gasteiger partial charge is 0.337 e. The zero-order valence-corrected chi connectivity index (χ0v) is 21.6. The van der Waals surface area contributed by atoms with Gasteiger partial charge in [0.05, 0.1) is 22.5 Å². The second-order valence-electron chi connectivity index (χ2n) is 8.80. The number of carbonyl (C=O) groups is 1. The maximum atomic E-state index is 13.8. The zero-order valence-electron chi connectivity index (χ0n) is 20.0. The molecule has 0 fully saturated rings. The third-order valence-corrected chi connectivity index (χ3v) is 7.61. The van der Waals surface area contributed by atoms with Crippen LogP contribution in [-0.4, -0.2) is 34.0 Å². The molecule has 0 aliphatic rings. The molecule has 0 spiro atoms. The number of halogens is 1. The number of hydrogen-bond acceptors (Lipinski definition) is 4. The fourth-order valence-corrected chi connectivity index (χ4v) is 5.77. The van der Waals surface area contributed by atoms with Gasteiger partial charge in [0.25, 0.3) is 11.5 Å². The molecule has 4 aromatic rings. The quantitative estimate of drug-likeness (QED) is 0.406. The SMILES string of the molecule is Cc1cc(C)c(Cn2c(=O)n(-c3ccc(Cl)cc3)c(=O)c3c(C)c(C(=O)N(C)C)sc32)c(C)c1. The third-order valence-electron chi connectivity index (χ3n) is 6.05. The first-order valence-electron chi connectivity index (χ1n) is 10.8. The average molecular weight is 496 g/mol. The minimum Gasteiger partial charge on any atom is -0.344 e. The molecule has 0 aliphatic carbocycles. The van der Waals surface area contributed by atoms with E-state index in [1.54, 1.807) is 49.9 Å². The van der Waals surface area contributed by atoms with Crippen LogP contribution in [0.3, 0.4) is 0 Å². The van der Waals surface area contributed by atoms with Crippen LogP contribution in [0.5, 0.6) is 0 Å². The van der Waals surface area contributed by atoms with Gasteiger partial charge in [-0.25, -0.2) is 9.36 Å². The van der Waals surface area contributed by atoms with Crippen LogP contribution in [0.1, 0.15) is 37.5 Å². The lowest BCUT2D eigenvalue weighted by Gasteiger charge is -2.16. The average Bonchev–Trinajstić information content (AvgIpc) is 3.10. The molecule has 0 radical (unpaired) electrons. The Morgan fingerprint density at radius 1 is 1.00 bits per heavy atom. The van der Waals surface area contributed by atoms with E-state index in [0.29, 0.717) is 31.4 Å². The Kier molecular flexibility index (Phi) is 6.27. The van der Waals surface area contributed by atoms with Crippen LogP contribution in [0.15, 0.2) is 46.0 Å². The summed E-state index contributed by atoms with van der Waals surface area (Å²) < 4.78 is 2.78. The molecule has 0 unspecified atom stereocenters. The highest BCUT2D eigenvalue weighted by atomic mass is 35.5. The third kappa shape index (κ3) is 3.99. The number of hydrogen-bond donors (Lipinski definition) is 0. The van der Waals surface area contributed by atoms with Gasteiger partial charge in [0, 0.05) is 19.1 Å². The van der Waals surface area contributed by atoms with Gasteiger partial charge in [-0.15, -0.1) is 11.3 Å². The molecule has 0 saturated heterocycles. The zero-order chi connectivity index (χ0) is 24.9. The number of thiophene rings is 1. The van der Waals surface area contributed by atoms with E-state index in [1.807, 2.05) is 20.8 Å². The van der Waals surface area contributed by atoms with Gasteiger partial charge in [0.2, 0.25) is 0 Å². The second-order valence-corrected chi connectivity index (χ2v) is 10.2. The van der Waals surface area contributed by atoms with E-state index >= 15 is 0 Å². The first-order valence-corrected chi connectivity index (χ1v) is 12.0. The number of nitrogens with zero attached hydrogens (tertiary/aromatic N) is 3. The second kappa shape index (κ2) is 8.89. The summed E-state index contributed by atoms with van der Waals surface area (Å²) in [6, 6.07) is 10.8. The summed E-state index contributed by atoms with van der Waals surface area (Å²) in [6.45, 7) is 8.13. The van der Waals surface area contributed by atoms with Gasteiger partial charge in [-0.05, 0) is 74.2 Å². The number of fused-ring (bicyclic) bond motifs is 1. The first kappa shape index (κ1) is 24.0. The molecule has 4 rings (SSSR count). The van der Waals surface area contributed by atoms with Crippen molar-refractivity contribution in [3.8, 4) is 5.69 Å². The van der Waals surface area contributed by atoms with Crippen LogP contribution < -0.4 is 11.2 Å². The Morgan fingerprint density at radius 3 is 2.15 bits per heavy atom. The highest BCUT2D eigenvalue weighted by molar-refractivity contribution is 7.20. The predicted octanol–water partition coefficient (Wildman–Crippen LogP) is 4.85. The van der Waals surface area contributed by atoms with Gasteiger partial charge >= 0.3 is 5.69 Å². The Labute approximate surface area is 206 Å². The van der Waals surface area contributed by atoms with Crippen LogP contribution in [0.4, 0.5) is 0 Å². The molecule has 2 aromatic carbocycles. The van der Waals surface area contributed by atoms with Gasteiger partial charge in [-0.3, -0.25) is 14.2 Å². The van der Waals surface area contributed by atoms with Crippen molar-refractivity contribution in [2.75, 3.05) is 14.1 Å². The predicted molar refractivity (Wildman–Crippen MR) is 139 cm³/mol. The standard InChI is InChI=1S/C26H26ClN3O3S/c1-14-11-15(2)20(16(3)12-14)13-29-25-21(17(4)22(34-25)24(32)28(5)6)23(31)30(26(29)33)19-9-7-18(27)8-10-19/h7-12H,13H2,1-6H3. The molecular weight excluding hydrogens is 470 g/mol. The van der Waals surface area contributed by atoms with Crippen molar-refractivity contribution in [3.63, 3.8) is 0 Å². The van der Waals surface area contributed by atoms with E-state index in [2.05, 4.69) is 12.1 Å². The number of carbonyl (C=O) groups excluding carboxylic acids is 1. The summed E-state index contributed by atoms with van der Waals surface area (Å²) in [5.41, 5.74) is 4.41. The van der Waals surface area contributed by atoms with E-state index in [9.17, 15) is 14.4 Å². The minimum atomic E-state index is -0.454. The number of amides is 1. The van der Waals surface area contributed by atoms with Crippen molar-refractivity contribution in [3.05, 3.63) is 95.0 Å². The fourth-order valence-electron chi connectivity index (χ4n) is 4.33. The molecule has 176 valence electrons. The minimum absolute atomic E-state index is 0.196. The van der Waals surface area contributed by atoms with Crippen molar-refractivity contribution < 1.29 is 4.79 Å². The van der Waals surface area contributed by atoms with Gasteiger partial charge in [0.15, 0.2) is 0 Å². The van der Waals surface area contributed by atoms with Gasteiger partial charge in [-0.1, -0.05) is 29.3 Å². The van der Waals surface area contributed by atoms with Crippen molar-refractivity contribution in [1.29, 1.82) is 0 Å². The van der Waals surface area contributed by atoms with Crippen molar-refractivity contribution >= 4 is 39.1 Å². The summed E-state index contributed by atoms with van der Waals surface area (Å²) in [5.74, 6) is -0.196. The van der Waals surface area contributed by atoms with E-state index < -0.39 is 11.2 Å². The van der Waals surface area contributed by atoms with Gasteiger partial charge in [-0.2, -0.15) is 0 Å². The van der Waals surface area contributed by atoms with Crippen molar-refractivity contribution in [1.82, 2.24) is 14.0 Å². The topological polar surface area (TPSA) is 64.3 Å². The number of aryl methyl sites for hydroxylation is 4. The summed E-state index contributed by atoms with van der Waals surface area (Å²) in [7, 11) is 3.34. The summed E-state index contributed by atoms with van der Waals surface area (Å²) in [6.07, 6.45) is 0. The van der Waals surface area contributed by atoms with Gasteiger partial charge < -0.3 is 4.90 Å². The van der Waals surface area contributed by atoms with Crippen molar-refractivity contribution in [2.45, 2.75) is 34.2 Å². The van der Waals surface area contributed by atoms with Gasteiger partial charge in [0.1, 0.15) is 4.83 Å². The highest BCUT2D eigenvalue weighted by Crippen LogP contribution is 2.30. The fraction of sp³-hybridized carbons (Fsp3) is 0.269. The summed E-state index contributed by atoms with van der Waals surface area (Å²) in [4.78, 5) is 42.8. The molecule has 0 N–H and O–H groups in total. The Bertz CT molecular complexity index is 1540. The number of aromatic nitrogens is 2. The van der Waals surface area contributed by atoms with Crippen LogP contribution in [-0.2, 0) is 6.54 Å². The number of rotatable bonds is 4. The van der Waals surface area contributed by atoms with E-state index in [4.69, 9.17) is 11.6 Å². The number of benzene rings is 2. The van der Waals surface area contributed by atoms with Crippen LogP contribution in [0.25, 0.3) is 15.9 Å². The Morgan fingerprint density at radius 2 is 1.59 bits per heavy atom. The summed E-state index contributed by atoms with van der Waals surface area (Å²) >= 11 is 7.23. The molecule has 6 nitrogen and oxygen atoms in total. The van der Waals surface area contributed by atoms with E-state index in [-0.39, 0.29) is 12.5 Å². The molecule has 1 amide bonds. The maximum absolute atomic E-state index is 13.8. The molecular formula is C26H26ClN3O3S. The molecule has 2 heterocycles. The molecule has 0 saturated carbocycles. The van der Waals surface area contributed by atoms with E-state index in [0.717, 1.165) is 22.3 Å². The molecule has 2 aromatic heterocycles. The summed E-state index contributed by atoms with van der Waals surface area (Å²) in [5, 5.41) is 0.891. The Balaban J connectivity index is 2.10. The molecule has 0 atom stereocenters. The first-order chi connectivity index (χ1) is 16.0. The van der Waals surface area contributed by atoms with Crippen LogP contribution in [0, 0.1) is 27.7 Å². The lowest BCUT2D eigenvalue weighted by Crippen LogP contribution is -2.39. The maximum Gasteiger partial charge on any atom is 0.337 e. The molecule has 8 heteroatoms. The lowest BCUT2D eigenvalue weighted by atomic mass is 10.00. The lowest BCUT2D eigenvalue weighted by molar-refractivity contribution is 0.0831. The highest BCUT2D eigenvalue weighted by Gasteiger charge is 2.25. The molecule has 0 bridgehead atoms. The Hall–Kier alpha value is -3.16. The van der Waals surface area contributed by atoms with Crippen LogP contribution in [0.2, 0.25) is 5.02 Å².